The first kappa shape index (κ1) is 6.78. The first-order valence-electron chi connectivity index (χ1n) is 3.29. The molecule has 0 unspecified atom stereocenters. The highest BCUT2D eigenvalue weighted by molar-refractivity contribution is 5.81. The minimum absolute atomic E-state index is 0.0491. The van der Waals surface area contributed by atoms with Crippen molar-refractivity contribution in [3.63, 3.8) is 0 Å². The number of aromatic hydroxyl groups is 1. The van der Waals surface area contributed by atoms with Gasteiger partial charge in [-0.05, 0) is 0 Å². The van der Waals surface area contributed by atoms with Crippen LogP contribution in [0.25, 0.3) is 10.9 Å². The van der Waals surface area contributed by atoms with E-state index >= 15 is 0 Å². The molecule has 60 valence electrons. The maximum Gasteiger partial charge on any atom is 0.345 e. The Morgan fingerprint density at radius 2 is 2.17 bits per heavy atom. The Hall–Kier alpha value is -1.91. The lowest BCUT2D eigenvalue weighted by molar-refractivity contribution is 0.477. The van der Waals surface area contributed by atoms with Crippen LogP contribution in [-0.2, 0) is 0 Å². The summed E-state index contributed by atoms with van der Waals surface area (Å²) < 4.78 is 0. The van der Waals surface area contributed by atoms with Gasteiger partial charge in [0.1, 0.15) is 0 Å². The Balaban J connectivity index is 2.97. The smallest absolute Gasteiger partial charge is 0.345 e. The summed E-state index contributed by atoms with van der Waals surface area (Å²) in [6.07, 6.45) is 4.14. The van der Waals surface area contributed by atoms with E-state index in [0.717, 1.165) is 0 Å². The number of pyridine rings is 1. The first-order valence-corrected chi connectivity index (χ1v) is 3.29. The van der Waals surface area contributed by atoms with Crippen molar-refractivity contribution in [1.82, 2.24) is 15.0 Å². The zero-order valence-electron chi connectivity index (χ0n) is 5.98. The molecule has 0 aliphatic carbocycles. The molecule has 2 heterocycles. The molecule has 0 aliphatic heterocycles. The van der Waals surface area contributed by atoms with Crippen molar-refractivity contribution in [2.75, 3.05) is 0 Å². The van der Waals surface area contributed by atoms with Crippen LogP contribution in [0.4, 0.5) is 0 Å². The molecule has 2 aromatic heterocycles. The highest BCUT2D eigenvalue weighted by Crippen LogP contribution is 2.17. The summed E-state index contributed by atoms with van der Waals surface area (Å²) in [4.78, 5) is 20.4. The molecule has 0 atom stereocenters. The Morgan fingerprint density at radius 3 is 3.00 bits per heavy atom. The number of hydrogen-bond donors (Lipinski definition) is 2. The summed E-state index contributed by atoms with van der Waals surface area (Å²) in [5.74, 6) is -0.0491. The Labute approximate surface area is 66.7 Å². The van der Waals surface area contributed by atoms with Gasteiger partial charge in [0.2, 0.25) is 0 Å². The highest BCUT2D eigenvalue weighted by atomic mass is 16.3. The number of nitrogens with zero attached hydrogens (tertiary/aromatic N) is 2. The summed E-state index contributed by atoms with van der Waals surface area (Å²) >= 11 is 0. The molecule has 5 nitrogen and oxygen atoms in total. The van der Waals surface area contributed by atoms with Crippen molar-refractivity contribution in [1.29, 1.82) is 0 Å². The van der Waals surface area contributed by atoms with E-state index in [0.29, 0.717) is 10.9 Å². The van der Waals surface area contributed by atoms with E-state index in [1.807, 2.05) is 0 Å². The number of rotatable bonds is 0. The lowest BCUT2D eigenvalue weighted by atomic mass is 10.3. The van der Waals surface area contributed by atoms with Crippen molar-refractivity contribution in [3.05, 3.63) is 29.1 Å². The van der Waals surface area contributed by atoms with Gasteiger partial charge in [0.05, 0.1) is 11.7 Å². The van der Waals surface area contributed by atoms with Crippen molar-refractivity contribution < 1.29 is 5.11 Å². The third-order valence-electron chi connectivity index (χ3n) is 1.51. The van der Waals surface area contributed by atoms with Gasteiger partial charge in [-0.2, -0.15) is 0 Å². The molecule has 0 radical (unpaired) electrons. The second-order valence-electron chi connectivity index (χ2n) is 2.31. The van der Waals surface area contributed by atoms with Crippen LogP contribution >= 0.6 is 0 Å². The van der Waals surface area contributed by atoms with Gasteiger partial charge in [-0.1, -0.05) is 0 Å². The molecule has 0 saturated heterocycles. The van der Waals surface area contributed by atoms with Gasteiger partial charge in [-0.25, -0.2) is 9.78 Å². The monoisotopic (exact) mass is 163 g/mol. The molecule has 0 aliphatic rings. The molecule has 5 heteroatoms. The molecule has 2 N–H and O–H groups in total. The summed E-state index contributed by atoms with van der Waals surface area (Å²) in [5, 5.41) is 9.84. The van der Waals surface area contributed by atoms with Gasteiger partial charge in [0.25, 0.3) is 0 Å². The van der Waals surface area contributed by atoms with E-state index < -0.39 is 5.69 Å². The van der Waals surface area contributed by atoms with E-state index in [1.54, 1.807) is 0 Å². The minimum Gasteiger partial charge on any atom is -0.504 e. The molecule has 0 saturated carbocycles. The van der Waals surface area contributed by atoms with Gasteiger partial charge in [-0.3, -0.25) is 4.98 Å². The van der Waals surface area contributed by atoms with Crippen molar-refractivity contribution in [3.8, 4) is 5.75 Å². The van der Waals surface area contributed by atoms with E-state index in [-0.39, 0.29) is 5.75 Å². The maximum absolute atomic E-state index is 10.7. The maximum atomic E-state index is 10.7. The van der Waals surface area contributed by atoms with Crippen molar-refractivity contribution in [2.45, 2.75) is 0 Å². The largest absolute Gasteiger partial charge is 0.504 e. The van der Waals surface area contributed by atoms with Gasteiger partial charge < -0.3 is 10.1 Å². The van der Waals surface area contributed by atoms with E-state index in [1.165, 1.54) is 18.6 Å². The van der Waals surface area contributed by atoms with Gasteiger partial charge in [0.15, 0.2) is 5.75 Å². The summed E-state index contributed by atoms with van der Waals surface area (Å²) in [6, 6.07) is 0. The molecule has 2 rings (SSSR count). The summed E-state index contributed by atoms with van der Waals surface area (Å²) in [7, 11) is 0. The van der Waals surface area contributed by atoms with Crippen LogP contribution in [0.15, 0.2) is 23.4 Å². The third kappa shape index (κ3) is 0.914. The molecule has 2 aromatic rings. The van der Waals surface area contributed by atoms with Crippen LogP contribution in [0.1, 0.15) is 0 Å². The third-order valence-corrected chi connectivity index (χ3v) is 1.51. The number of H-pyrrole nitrogens is 1. The number of fused-ring (bicyclic) bond motifs is 1. The molecule has 12 heavy (non-hydrogen) atoms. The fourth-order valence-electron chi connectivity index (χ4n) is 0.967. The fraction of sp³-hybridized carbons (Fsp3) is 0. The van der Waals surface area contributed by atoms with Crippen LogP contribution in [-0.4, -0.2) is 20.1 Å². The Morgan fingerprint density at radius 1 is 1.33 bits per heavy atom. The zero-order valence-corrected chi connectivity index (χ0v) is 5.98. The Kier molecular flexibility index (Phi) is 1.30. The normalized spacial score (nSPS) is 10.3. The minimum atomic E-state index is -0.482. The second-order valence-corrected chi connectivity index (χ2v) is 2.31. The average molecular weight is 163 g/mol. The van der Waals surface area contributed by atoms with Crippen LogP contribution in [0.2, 0.25) is 0 Å². The second kappa shape index (κ2) is 2.30. The van der Waals surface area contributed by atoms with Gasteiger partial charge >= 0.3 is 5.69 Å². The van der Waals surface area contributed by atoms with Crippen LogP contribution in [0.3, 0.4) is 0 Å². The van der Waals surface area contributed by atoms with Crippen LogP contribution < -0.4 is 5.69 Å². The quantitative estimate of drug-likeness (QED) is 0.574. The summed E-state index contributed by atoms with van der Waals surface area (Å²) in [5.41, 5.74) is -0.117. The molecule has 0 spiro atoms. The predicted octanol–water partition coefficient (Wildman–Crippen LogP) is 0.0237. The van der Waals surface area contributed by atoms with Gasteiger partial charge in [0, 0.05) is 17.8 Å². The van der Waals surface area contributed by atoms with Crippen molar-refractivity contribution in [2.24, 2.45) is 0 Å². The topological polar surface area (TPSA) is 78.9 Å². The van der Waals surface area contributed by atoms with E-state index in [9.17, 15) is 9.90 Å². The molecule has 0 bridgehead atoms. The lowest BCUT2D eigenvalue weighted by Gasteiger charge is -1.96. The molecular formula is C7H5N3O2. The fourth-order valence-corrected chi connectivity index (χ4v) is 0.967. The highest BCUT2D eigenvalue weighted by Gasteiger charge is 1.99. The summed E-state index contributed by atoms with van der Waals surface area (Å²) in [6.45, 7) is 0. The van der Waals surface area contributed by atoms with Crippen LogP contribution in [0, 0.1) is 0 Å². The zero-order chi connectivity index (χ0) is 8.55. The van der Waals surface area contributed by atoms with E-state index in [4.69, 9.17) is 0 Å². The average Bonchev–Trinajstić information content (AvgIpc) is 2.07. The van der Waals surface area contributed by atoms with Gasteiger partial charge in [-0.15, -0.1) is 0 Å². The number of nitrogens with one attached hydrogen (secondary N) is 1. The Bertz CT molecular complexity index is 477. The predicted molar refractivity (Wildman–Crippen MR) is 41.8 cm³/mol. The van der Waals surface area contributed by atoms with E-state index in [2.05, 4.69) is 15.0 Å². The number of aromatic nitrogens is 3. The standard InChI is InChI=1S/C7H5N3O2/c11-5-3-8-1-4-2-9-7(12)10-6(4)5/h1-3,11H,(H,9,10,12). The number of aromatic amines is 1. The van der Waals surface area contributed by atoms with Crippen LogP contribution in [0.5, 0.6) is 5.75 Å². The first-order chi connectivity index (χ1) is 5.77. The molecular weight excluding hydrogens is 158 g/mol. The molecule has 0 amide bonds. The lowest BCUT2D eigenvalue weighted by Crippen LogP contribution is -2.08. The van der Waals surface area contributed by atoms with Crippen molar-refractivity contribution >= 4 is 10.9 Å². The molecule has 0 fully saturated rings. The molecule has 0 aromatic carbocycles. The SMILES string of the molecule is O=c1ncc2cncc(O)c2[nH]1. The number of hydrogen-bond acceptors (Lipinski definition) is 4.